The number of aryl methyl sites for hydroxylation is 2. The highest BCUT2D eigenvalue weighted by molar-refractivity contribution is 7.16. The highest BCUT2D eigenvalue weighted by Crippen LogP contribution is 2.38. The number of hydrogen-bond donors (Lipinski definition) is 2. The van der Waals surface area contributed by atoms with Crippen LogP contribution < -0.4 is 10.6 Å². The van der Waals surface area contributed by atoms with E-state index in [1.807, 2.05) is 25.1 Å². The largest absolute Gasteiger partial charge is 0.459 e. The molecule has 0 aliphatic rings. The maximum absolute atomic E-state index is 13.6. The molecule has 0 saturated carbocycles. The van der Waals surface area contributed by atoms with Gasteiger partial charge in [-0.15, -0.1) is 11.3 Å². The van der Waals surface area contributed by atoms with Gasteiger partial charge in [0.1, 0.15) is 16.6 Å². The number of aromatic nitrogens is 1. The standard InChI is InChI=1S/C24H22FN3O2S/c1-3-18-14-19(24(31-18)28-23(29)20-7-5-13-30-20)22(16-9-11-17(25)12-10-16)27-21-8-4-6-15(2)26-21/h4-14,22H,3H2,1-2H3,(H,26,27)(H,28,29)/t22-/m0/s1. The Morgan fingerprint density at radius 1 is 1.16 bits per heavy atom. The number of pyridine rings is 1. The minimum Gasteiger partial charge on any atom is -0.459 e. The van der Waals surface area contributed by atoms with Crippen LogP contribution >= 0.6 is 11.3 Å². The van der Waals surface area contributed by atoms with Gasteiger partial charge in [-0.25, -0.2) is 9.37 Å². The molecule has 0 aliphatic heterocycles. The number of amides is 1. The zero-order valence-electron chi connectivity index (χ0n) is 17.2. The van der Waals surface area contributed by atoms with Gasteiger partial charge in [-0.3, -0.25) is 4.79 Å². The molecule has 2 N–H and O–H groups in total. The first-order valence-corrected chi connectivity index (χ1v) is 10.8. The van der Waals surface area contributed by atoms with Crippen LogP contribution in [-0.2, 0) is 6.42 Å². The fraction of sp³-hybridized carbons (Fsp3) is 0.167. The van der Waals surface area contributed by atoms with Crippen LogP contribution in [0.25, 0.3) is 0 Å². The first-order valence-electron chi connectivity index (χ1n) is 9.96. The van der Waals surface area contributed by atoms with Crippen LogP contribution in [-0.4, -0.2) is 10.9 Å². The Balaban J connectivity index is 1.75. The van der Waals surface area contributed by atoms with E-state index in [2.05, 4.69) is 28.6 Å². The second-order valence-corrected chi connectivity index (χ2v) is 8.21. The average molecular weight is 436 g/mol. The first kappa shape index (κ1) is 20.8. The number of carbonyl (C=O) groups excluding carboxylic acids is 1. The van der Waals surface area contributed by atoms with Gasteiger partial charge < -0.3 is 15.1 Å². The molecule has 1 aromatic carbocycles. The van der Waals surface area contributed by atoms with Gasteiger partial charge in [0.05, 0.1) is 12.3 Å². The highest BCUT2D eigenvalue weighted by Gasteiger charge is 2.23. The van der Waals surface area contributed by atoms with Crippen LogP contribution in [0.2, 0.25) is 0 Å². The Morgan fingerprint density at radius 2 is 1.97 bits per heavy atom. The lowest BCUT2D eigenvalue weighted by Gasteiger charge is -2.21. The molecule has 5 nitrogen and oxygen atoms in total. The molecule has 1 amide bonds. The van der Waals surface area contributed by atoms with E-state index < -0.39 is 0 Å². The summed E-state index contributed by atoms with van der Waals surface area (Å²) in [6.07, 6.45) is 2.29. The van der Waals surface area contributed by atoms with Crippen LogP contribution in [0.1, 0.15) is 45.2 Å². The Labute approximate surface area is 184 Å². The molecule has 158 valence electrons. The molecule has 4 rings (SSSR count). The molecular formula is C24H22FN3O2S. The van der Waals surface area contributed by atoms with Gasteiger partial charge in [-0.1, -0.05) is 25.1 Å². The molecule has 31 heavy (non-hydrogen) atoms. The van der Waals surface area contributed by atoms with Gasteiger partial charge in [0, 0.05) is 16.1 Å². The van der Waals surface area contributed by atoms with Gasteiger partial charge in [-0.2, -0.15) is 0 Å². The van der Waals surface area contributed by atoms with Crippen molar-refractivity contribution >= 4 is 28.1 Å². The van der Waals surface area contributed by atoms with E-state index in [0.717, 1.165) is 28.1 Å². The Hall–Kier alpha value is -3.45. The lowest BCUT2D eigenvalue weighted by molar-refractivity contribution is 0.0997. The quantitative estimate of drug-likeness (QED) is 0.363. The maximum atomic E-state index is 13.6. The predicted molar refractivity (Wildman–Crippen MR) is 121 cm³/mol. The fourth-order valence-electron chi connectivity index (χ4n) is 3.28. The summed E-state index contributed by atoms with van der Waals surface area (Å²) in [4.78, 5) is 18.3. The SMILES string of the molecule is CCc1cc([C@@H](Nc2cccc(C)n2)c2ccc(F)cc2)c(NC(=O)c2ccco2)s1. The molecule has 0 bridgehead atoms. The number of nitrogens with zero attached hydrogens (tertiary/aromatic N) is 1. The predicted octanol–water partition coefficient (Wildman–Crippen LogP) is 6.20. The second-order valence-electron chi connectivity index (χ2n) is 7.08. The van der Waals surface area contributed by atoms with Gasteiger partial charge in [-0.05, 0) is 61.4 Å². The smallest absolute Gasteiger partial charge is 0.291 e. The van der Waals surface area contributed by atoms with Crippen molar-refractivity contribution in [1.29, 1.82) is 0 Å². The Kier molecular flexibility index (Phi) is 6.13. The molecule has 3 aromatic heterocycles. The minimum absolute atomic E-state index is 0.240. The third-order valence-corrected chi connectivity index (χ3v) is 6.04. The van der Waals surface area contributed by atoms with E-state index in [-0.39, 0.29) is 23.5 Å². The van der Waals surface area contributed by atoms with Crippen molar-refractivity contribution < 1.29 is 13.6 Å². The van der Waals surface area contributed by atoms with E-state index in [1.165, 1.54) is 29.7 Å². The van der Waals surface area contributed by atoms with Crippen molar-refractivity contribution in [2.75, 3.05) is 10.6 Å². The number of thiophene rings is 1. The number of benzene rings is 1. The molecule has 0 unspecified atom stereocenters. The minimum atomic E-state index is -0.335. The Morgan fingerprint density at radius 3 is 2.65 bits per heavy atom. The van der Waals surface area contributed by atoms with Gasteiger partial charge >= 0.3 is 0 Å². The van der Waals surface area contributed by atoms with Gasteiger partial charge in [0.15, 0.2) is 5.76 Å². The van der Waals surface area contributed by atoms with Gasteiger partial charge in [0.25, 0.3) is 5.91 Å². The fourth-order valence-corrected chi connectivity index (χ4v) is 4.32. The van der Waals surface area contributed by atoms with E-state index in [4.69, 9.17) is 4.42 Å². The Bertz CT molecular complexity index is 1170. The molecule has 3 heterocycles. The van der Waals surface area contributed by atoms with Crippen molar-refractivity contribution in [3.05, 3.63) is 100 Å². The van der Waals surface area contributed by atoms with Crippen molar-refractivity contribution in [3.63, 3.8) is 0 Å². The van der Waals surface area contributed by atoms with Crippen molar-refractivity contribution in [3.8, 4) is 0 Å². The summed E-state index contributed by atoms with van der Waals surface area (Å²) < 4.78 is 18.8. The molecule has 7 heteroatoms. The summed E-state index contributed by atoms with van der Waals surface area (Å²) in [5.74, 6) is 0.315. The number of nitrogens with one attached hydrogen (secondary N) is 2. The lowest BCUT2D eigenvalue weighted by Crippen LogP contribution is -2.17. The molecule has 4 aromatic rings. The summed E-state index contributed by atoms with van der Waals surface area (Å²) in [7, 11) is 0. The van der Waals surface area contributed by atoms with Gasteiger partial charge in [0.2, 0.25) is 0 Å². The van der Waals surface area contributed by atoms with Crippen molar-refractivity contribution in [1.82, 2.24) is 4.98 Å². The summed E-state index contributed by atoms with van der Waals surface area (Å²) in [6, 6.07) is 17.1. The van der Waals surface area contributed by atoms with Crippen LogP contribution in [0.5, 0.6) is 0 Å². The maximum Gasteiger partial charge on any atom is 0.291 e. The number of rotatable bonds is 7. The van der Waals surface area contributed by atoms with E-state index in [0.29, 0.717) is 10.8 Å². The summed E-state index contributed by atoms with van der Waals surface area (Å²) in [5, 5.41) is 7.15. The zero-order chi connectivity index (χ0) is 21.8. The molecular weight excluding hydrogens is 413 g/mol. The molecule has 0 spiro atoms. The average Bonchev–Trinajstić information content (AvgIpc) is 3.43. The summed E-state index contributed by atoms with van der Waals surface area (Å²) >= 11 is 1.52. The molecule has 0 saturated heterocycles. The van der Waals surface area contributed by atoms with E-state index >= 15 is 0 Å². The number of carbonyl (C=O) groups is 1. The van der Waals surface area contributed by atoms with Crippen LogP contribution in [0.4, 0.5) is 15.2 Å². The third-order valence-electron chi connectivity index (χ3n) is 4.83. The summed E-state index contributed by atoms with van der Waals surface area (Å²) in [6.45, 7) is 3.99. The first-order chi connectivity index (χ1) is 15.0. The van der Waals surface area contributed by atoms with E-state index in [1.54, 1.807) is 24.3 Å². The van der Waals surface area contributed by atoms with Crippen LogP contribution in [0.3, 0.4) is 0 Å². The van der Waals surface area contributed by atoms with E-state index in [9.17, 15) is 9.18 Å². The number of anilines is 2. The van der Waals surface area contributed by atoms with Crippen molar-refractivity contribution in [2.24, 2.45) is 0 Å². The molecule has 0 fully saturated rings. The monoisotopic (exact) mass is 435 g/mol. The van der Waals surface area contributed by atoms with Crippen LogP contribution in [0, 0.1) is 12.7 Å². The summed E-state index contributed by atoms with van der Waals surface area (Å²) in [5.41, 5.74) is 2.63. The molecule has 1 atom stereocenters. The lowest BCUT2D eigenvalue weighted by atomic mass is 9.99. The molecule has 0 radical (unpaired) electrons. The number of halogens is 1. The molecule has 0 aliphatic carbocycles. The highest BCUT2D eigenvalue weighted by atomic mass is 32.1. The second kappa shape index (κ2) is 9.14. The zero-order valence-corrected chi connectivity index (χ0v) is 18.0. The van der Waals surface area contributed by atoms with Crippen LogP contribution in [0.15, 0.2) is 71.3 Å². The normalized spacial score (nSPS) is 11.8. The van der Waals surface area contributed by atoms with Crippen molar-refractivity contribution in [2.45, 2.75) is 26.3 Å². The third kappa shape index (κ3) is 4.83. The topological polar surface area (TPSA) is 67.2 Å². The number of hydrogen-bond acceptors (Lipinski definition) is 5. The number of furan rings is 1.